The molecule has 0 saturated heterocycles. The molecule has 0 bridgehead atoms. The maximum absolute atomic E-state index is 5.02. The minimum atomic E-state index is -2.22. The summed E-state index contributed by atoms with van der Waals surface area (Å²) >= 11 is -2.22. The summed E-state index contributed by atoms with van der Waals surface area (Å²) in [6.07, 6.45) is 0. The molecular formula is C6H7Cl3Sn. The SMILES string of the molecule is [Cl][SnH]([Cl])[Cl].c1ccccc1. The van der Waals surface area contributed by atoms with Gasteiger partial charge in [0.25, 0.3) is 0 Å². The van der Waals surface area contributed by atoms with Crippen LogP contribution in [0.2, 0.25) is 0 Å². The predicted octanol–water partition coefficient (Wildman–Crippen LogP) is 3.11. The van der Waals surface area contributed by atoms with E-state index in [1.165, 1.54) is 0 Å². The molecule has 0 aliphatic rings. The Hall–Kier alpha value is 0.889. The van der Waals surface area contributed by atoms with Gasteiger partial charge in [0, 0.05) is 0 Å². The molecule has 1 aromatic rings. The Morgan fingerprint density at radius 2 is 0.700 bits per heavy atom. The van der Waals surface area contributed by atoms with Gasteiger partial charge in [-0.25, -0.2) is 0 Å². The standard InChI is InChI=1S/C6H6.3ClH.Sn.H/c1-2-4-6-5-3-1;;;;;/h1-6H;3*1H;;/q;;;;+3;/p-3. The summed E-state index contributed by atoms with van der Waals surface area (Å²) in [5.41, 5.74) is 0. The third-order valence-electron chi connectivity index (χ3n) is 0.667. The van der Waals surface area contributed by atoms with E-state index in [0.717, 1.165) is 0 Å². The van der Waals surface area contributed by atoms with E-state index in [0.29, 0.717) is 0 Å². The van der Waals surface area contributed by atoms with E-state index in [9.17, 15) is 0 Å². The first-order valence-electron chi connectivity index (χ1n) is 2.65. The van der Waals surface area contributed by atoms with Gasteiger partial charge in [-0.05, 0) is 0 Å². The van der Waals surface area contributed by atoms with Gasteiger partial charge >= 0.3 is 43.1 Å². The van der Waals surface area contributed by atoms with Crippen molar-refractivity contribution >= 4 is 43.1 Å². The van der Waals surface area contributed by atoms with Gasteiger partial charge in [-0.15, -0.1) is 0 Å². The van der Waals surface area contributed by atoms with E-state index in [1.54, 1.807) is 0 Å². The Morgan fingerprint density at radius 1 is 0.600 bits per heavy atom. The molecule has 0 atom stereocenters. The van der Waals surface area contributed by atoms with E-state index in [4.69, 9.17) is 26.8 Å². The van der Waals surface area contributed by atoms with Crippen LogP contribution in [0.4, 0.5) is 0 Å². The van der Waals surface area contributed by atoms with Crippen molar-refractivity contribution in [2.75, 3.05) is 0 Å². The fourth-order valence-corrected chi connectivity index (χ4v) is 0.385. The van der Waals surface area contributed by atoms with E-state index < -0.39 is 16.4 Å². The van der Waals surface area contributed by atoms with Gasteiger partial charge in [0.05, 0.1) is 0 Å². The van der Waals surface area contributed by atoms with E-state index in [-0.39, 0.29) is 0 Å². The van der Waals surface area contributed by atoms with Crippen molar-refractivity contribution in [1.29, 1.82) is 0 Å². The van der Waals surface area contributed by atoms with Crippen LogP contribution >= 0.6 is 26.8 Å². The number of halogens is 3. The first-order valence-corrected chi connectivity index (χ1v) is 15.2. The molecule has 1 aromatic carbocycles. The molecule has 0 aliphatic carbocycles. The maximum Gasteiger partial charge on any atom is -0.0623 e. The Labute approximate surface area is 79.0 Å². The molecule has 10 heavy (non-hydrogen) atoms. The quantitative estimate of drug-likeness (QED) is 0.646. The van der Waals surface area contributed by atoms with Crippen LogP contribution in [0.25, 0.3) is 0 Å². The number of hydrogen-bond donors (Lipinski definition) is 0. The topological polar surface area (TPSA) is 0 Å². The van der Waals surface area contributed by atoms with Crippen molar-refractivity contribution in [2.45, 2.75) is 0 Å². The van der Waals surface area contributed by atoms with Gasteiger partial charge in [-0.1, -0.05) is 36.4 Å². The van der Waals surface area contributed by atoms with Gasteiger partial charge in [-0.3, -0.25) is 0 Å². The van der Waals surface area contributed by atoms with Crippen molar-refractivity contribution in [3.8, 4) is 0 Å². The summed E-state index contributed by atoms with van der Waals surface area (Å²) in [5.74, 6) is 0. The van der Waals surface area contributed by atoms with Crippen LogP contribution in [0, 0.1) is 0 Å². The van der Waals surface area contributed by atoms with Crippen LogP contribution in [0.3, 0.4) is 0 Å². The normalized spacial score (nSPS) is 8.40. The number of benzene rings is 1. The first-order chi connectivity index (χ1) is 4.73. The van der Waals surface area contributed by atoms with Crippen molar-refractivity contribution in [1.82, 2.24) is 0 Å². The second-order valence-corrected chi connectivity index (χ2v) is 16.1. The van der Waals surface area contributed by atoms with E-state index in [2.05, 4.69) is 0 Å². The second-order valence-electron chi connectivity index (χ2n) is 1.40. The molecule has 1 rings (SSSR count). The van der Waals surface area contributed by atoms with Crippen molar-refractivity contribution in [2.24, 2.45) is 0 Å². The molecule has 56 valence electrons. The molecule has 0 spiro atoms. The van der Waals surface area contributed by atoms with Crippen LogP contribution in [0.15, 0.2) is 36.4 Å². The molecule has 0 aliphatic heterocycles. The summed E-state index contributed by atoms with van der Waals surface area (Å²) in [5, 5.41) is 0. The molecule has 0 fully saturated rings. The van der Waals surface area contributed by atoms with Crippen LogP contribution in [-0.4, -0.2) is 16.4 Å². The molecule has 0 amide bonds. The monoisotopic (exact) mass is 304 g/mol. The Balaban J connectivity index is 0.000000180. The zero-order valence-corrected chi connectivity index (χ0v) is 10.7. The summed E-state index contributed by atoms with van der Waals surface area (Å²) in [6.45, 7) is 0. The first kappa shape index (κ1) is 10.9. The summed E-state index contributed by atoms with van der Waals surface area (Å²) in [6, 6.07) is 12.0. The van der Waals surface area contributed by atoms with Gasteiger partial charge in [0.1, 0.15) is 0 Å². The Kier molecular flexibility index (Phi) is 8.70. The molecule has 0 heterocycles. The van der Waals surface area contributed by atoms with E-state index in [1.807, 2.05) is 36.4 Å². The minimum Gasteiger partial charge on any atom is -0.0623 e. The largest absolute Gasteiger partial charge is 0.0623 e. The molecule has 0 N–H and O–H groups in total. The molecule has 0 unspecified atom stereocenters. The van der Waals surface area contributed by atoms with Crippen LogP contribution in [0.1, 0.15) is 0 Å². The fraction of sp³-hybridized carbons (Fsp3) is 0. The predicted molar refractivity (Wildman–Crippen MR) is 51.2 cm³/mol. The second kappa shape index (κ2) is 7.99. The Bertz CT molecular complexity index is 113. The average Bonchev–Trinajstić information content (AvgIpc) is 1.90. The maximum atomic E-state index is 5.02. The number of hydrogen-bond acceptors (Lipinski definition) is 0. The summed E-state index contributed by atoms with van der Waals surface area (Å²) < 4.78 is 0. The zero-order valence-electron chi connectivity index (χ0n) is 5.18. The van der Waals surface area contributed by atoms with E-state index >= 15 is 0 Å². The average molecular weight is 304 g/mol. The fourth-order valence-electron chi connectivity index (χ4n) is 0.385. The molecule has 0 radical (unpaired) electrons. The zero-order chi connectivity index (χ0) is 7.82. The molecular weight excluding hydrogens is 297 g/mol. The Morgan fingerprint density at radius 3 is 0.800 bits per heavy atom. The van der Waals surface area contributed by atoms with Gasteiger partial charge < -0.3 is 0 Å². The summed E-state index contributed by atoms with van der Waals surface area (Å²) in [4.78, 5) is 0. The van der Waals surface area contributed by atoms with Gasteiger partial charge in [-0.2, -0.15) is 0 Å². The molecule has 0 nitrogen and oxygen atoms in total. The molecule has 0 aromatic heterocycles. The third-order valence-corrected chi connectivity index (χ3v) is 0.667. The van der Waals surface area contributed by atoms with Crippen LogP contribution in [-0.2, 0) is 0 Å². The van der Waals surface area contributed by atoms with Crippen molar-refractivity contribution in [3.05, 3.63) is 36.4 Å². The van der Waals surface area contributed by atoms with Crippen molar-refractivity contribution < 1.29 is 0 Å². The van der Waals surface area contributed by atoms with Gasteiger partial charge in [0.15, 0.2) is 0 Å². The van der Waals surface area contributed by atoms with Gasteiger partial charge in [0.2, 0.25) is 0 Å². The van der Waals surface area contributed by atoms with Crippen LogP contribution in [0.5, 0.6) is 0 Å². The summed E-state index contributed by atoms with van der Waals surface area (Å²) in [7, 11) is 15.0. The van der Waals surface area contributed by atoms with Crippen molar-refractivity contribution in [3.63, 3.8) is 0 Å². The molecule has 0 saturated carbocycles. The van der Waals surface area contributed by atoms with Crippen LogP contribution < -0.4 is 0 Å². The minimum absolute atomic E-state index is 2.00. The number of rotatable bonds is 0. The smallest absolute Gasteiger partial charge is 0.0623 e. The molecule has 4 heteroatoms. The third kappa shape index (κ3) is 11.7.